The second kappa shape index (κ2) is 3.76. The first-order valence-corrected chi connectivity index (χ1v) is 3.95. The number of rotatable bonds is 2. The van der Waals surface area contributed by atoms with Crippen LogP contribution < -0.4 is 0 Å². The third-order valence-corrected chi connectivity index (χ3v) is 2.79. The molecule has 2 heteroatoms. The molecule has 2 unspecified atom stereocenters. The molecule has 1 N–H and O–H groups in total. The molecule has 0 heterocycles. The Morgan fingerprint density at radius 1 is 1.50 bits per heavy atom. The van der Waals surface area contributed by atoms with Gasteiger partial charge in [0.15, 0.2) is 17.4 Å². The van der Waals surface area contributed by atoms with Crippen LogP contribution in [0.2, 0.25) is 0 Å². The summed E-state index contributed by atoms with van der Waals surface area (Å²) in [7, 11) is 0. The van der Waals surface area contributed by atoms with Gasteiger partial charge in [-0.3, -0.25) is 0 Å². The average molecular weight is 158 g/mol. The van der Waals surface area contributed by atoms with E-state index in [2.05, 4.69) is 13.8 Å². The van der Waals surface area contributed by atoms with Gasteiger partial charge < -0.3 is 5.11 Å². The highest BCUT2D eigenvalue weighted by Crippen LogP contribution is 2.42. The van der Waals surface area contributed by atoms with E-state index in [0.717, 1.165) is 19.3 Å². The molecule has 1 fully saturated rings. The van der Waals surface area contributed by atoms with Crippen LogP contribution in [0.3, 0.4) is 0 Å². The molecule has 0 amide bonds. The van der Waals surface area contributed by atoms with Gasteiger partial charge in [-0.15, -0.1) is 0 Å². The lowest BCUT2D eigenvalue weighted by atomic mass is 9.67. The molecule has 2 atom stereocenters. The van der Waals surface area contributed by atoms with Gasteiger partial charge in [0.2, 0.25) is 0 Å². The monoisotopic (exact) mass is 158 g/mol. The molecule has 0 aromatic rings. The standard InChI is InChI=1S/C8H16O.Al.3H/c1-3-7-5-6-8(7,9)4-2;;;;/h7,9H,3-6H2,1-2H3;;;;. The number of hydrogen-bond acceptors (Lipinski definition) is 1. The lowest BCUT2D eigenvalue weighted by molar-refractivity contribution is -0.0976. The molecule has 0 aromatic heterocycles. The first kappa shape index (κ1) is 10.5. The molecular weight excluding hydrogens is 139 g/mol. The minimum absolute atomic E-state index is 0. The molecule has 1 saturated carbocycles. The normalized spacial score (nSPS) is 38.1. The Kier molecular flexibility index (Phi) is 3.95. The van der Waals surface area contributed by atoms with E-state index < -0.39 is 0 Å². The van der Waals surface area contributed by atoms with Gasteiger partial charge in [-0.1, -0.05) is 20.3 Å². The molecule has 0 bridgehead atoms. The Hall–Kier alpha value is 0.492. The summed E-state index contributed by atoms with van der Waals surface area (Å²) in [5.41, 5.74) is -0.269. The van der Waals surface area contributed by atoms with E-state index in [1.807, 2.05) is 0 Å². The van der Waals surface area contributed by atoms with Crippen molar-refractivity contribution < 1.29 is 5.11 Å². The fourth-order valence-corrected chi connectivity index (χ4v) is 1.73. The maximum absolute atomic E-state index is 9.68. The maximum atomic E-state index is 9.68. The van der Waals surface area contributed by atoms with Crippen LogP contribution in [-0.4, -0.2) is 28.1 Å². The van der Waals surface area contributed by atoms with Crippen molar-refractivity contribution in [1.82, 2.24) is 0 Å². The van der Waals surface area contributed by atoms with Crippen LogP contribution in [-0.2, 0) is 0 Å². The lowest BCUT2D eigenvalue weighted by Crippen LogP contribution is -2.45. The summed E-state index contributed by atoms with van der Waals surface area (Å²) in [5, 5.41) is 9.68. The predicted molar refractivity (Wildman–Crippen MR) is 48.2 cm³/mol. The molecule has 1 rings (SSSR count). The first-order valence-electron chi connectivity index (χ1n) is 3.95. The second-order valence-corrected chi connectivity index (χ2v) is 3.10. The third-order valence-electron chi connectivity index (χ3n) is 2.79. The van der Waals surface area contributed by atoms with E-state index in [0.29, 0.717) is 5.92 Å². The molecule has 1 aliphatic carbocycles. The average Bonchev–Trinajstić information content (AvgIpc) is 1.85. The highest BCUT2D eigenvalue weighted by Gasteiger charge is 2.41. The Morgan fingerprint density at radius 2 is 2.10 bits per heavy atom. The van der Waals surface area contributed by atoms with Crippen LogP contribution in [0.1, 0.15) is 39.5 Å². The summed E-state index contributed by atoms with van der Waals surface area (Å²) in [6.45, 7) is 4.23. The van der Waals surface area contributed by atoms with Crippen LogP contribution in [0.25, 0.3) is 0 Å². The molecule has 60 valence electrons. The number of hydrogen-bond donors (Lipinski definition) is 1. The summed E-state index contributed by atoms with van der Waals surface area (Å²) in [5.74, 6) is 0.600. The quantitative estimate of drug-likeness (QED) is 0.588. The van der Waals surface area contributed by atoms with Crippen molar-refractivity contribution in [3.63, 3.8) is 0 Å². The van der Waals surface area contributed by atoms with Gasteiger partial charge in [0, 0.05) is 0 Å². The number of aliphatic hydroxyl groups is 1. The molecule has 10 heavy (non-hydrogen) atoms. The minimum Gasteiger partial charge on any atom is -0.390 e. The topological polar surface area (TPSA) is 20.2 Å². The van der Waals surface area contributed by atoms with Gasteiger partial charge in [-0.05, 0) is 25.2 Å². The molecule has 0 aliphatic heterocycles. The van der Waals surface area contributed by atoms with E-state index in [4.69, 9.17) is 0 Å². The summed E-state index contributed by atoms with van der Waals surface area (Å²) >= 11 is 0. The van der Waals surface area contributed by atoms with Gasteiger partial charge in [0.05, 0.1) is 5.60 Å². The fourth-order valence-electron chi connectivity index (χ4n) is 1.73. The van der Waals surface area contributed by atoms with E-state index in [9.17, 15) is 5.11 Å². The first-order chi connectivity index (χ1) is 4.23. The smallest absolute Gasteiger partial charge is 0.187 e. The minimum atomic E-state index is -0.269. The Bertz CT molecular complexity index is 99.4. The van der Waals surface area contributed by atoms with Crippen LogP contribution in [0.5, 0.6) is 0 Å². The van der Waals surface area contributed by atoms with E-state index >= 15 is 0 Å². The molecule has 0 aromatic carbocycles. The fraction of sp³-hybridized carbons (Fsp3) is 1.00. The van der Waals surface area contributed by atoms with Gasteiger partial charge in [-0.2, -0.15) is 0 Å². The van der Waals surface area contributed by atoms with E-state index in [-0.39, 0.29) is 23.0 Å². The molecule has 0 radical (unpaired) electrons. The highest BCUT2D eigenvalue weighted by atomic mass is 27.0. The van der Waals surface area contributed by atoms with Crippen molar-refractivity contribution >= 4 is 17.4 Å². The van der Waals surface area contributed by atoms with Crippen LogP contribution in [0.15, 0.2) is 0 Å². The lowest BCUT2D eigenvalue weighted by Gasteiger charge is -2.44. The third kappa shape index (κ3) is 1.56. The molecular formula is C8H19AlO. The van der Waals surface area contributed by atoms with Gasteiger partial charge in [0.25, 0.3) is 0 Å². The molecule has 0 saturated heterocycles. The van der Waals surface area contributed by atoms with Crippen molar-refractivity contribution in [2.45, 2.75) is 45.1 Å². The van der Waals surface area contributed by atoms with E-state index in [1.165, 1.54) is 6.42 Å². The van der Waals surface area contributed by atoms with Gasteiger partial charge in [0.1, 0.15) is 0 Å². The van der Waals surface area contributed by atoms with Gasteiger partial charge in [-0.25, -0.2) is 0 Å². The molecule has 1 aliphatic rings. The largest absolute Gasteiger partial charge is 0.390 e. The van der Waals surface area contributed by atoms with Crippen molar-refractivity contribution in [1.29, 1.82) is 0 Å². The summed E-state index contributed by atoms with van der Waals surface area (Å²) in [6, 6.07) is 0. The zero-order chi connectivity index (χ0) is 6.91. The Morgan fingerprint density at radius 3 is 2.20 bits per heavy atom. The SMILES string of the molecule is CCC1CCC1(O)CC.[AlH3]. The highest BCUT2D eigenvalue weighted by molar-refractivity contribution is 5.75. The predicted octanol–water partition coefficient (Wildman–Crippen LogP) is 0.764. The van der Waals surface area contributed by atoms with Crippen molar-refractivity contribution in [3.8, 4) is 0 Å². The molecule has 0 spiro atoms. The van der Waals surface area contributed by atoms with E-state index in [1.54, 1.807) is 0 Å². The second-order valence-electron chi connectivity index (χ2n) is 3.10. The summed E-state index contributed by atoms with van der Waals surface area (Å²) < 4.78 is 0. The zero-order valence-corrected chi connectivity index (χ0v) is 6.35. The summed E-state index contributed by atoms with van der Waals surface area (Å²) in [4.78, 5) is 0. The Balaban J connectivity index is 0.000000810. The van der Waals surface area contributed by atoms with Crippen LogP contribution in [0.4, 0.5) is 0 Å². The summed E-state index contributed by atoms with van der Waals surface area (Å²) in [6.07, 6.45) is 4.35. The molecule has 1 nitrogen and oxygen atoms in total. The zero-order valence-electron chi connectivity index (χ0n) is 6.35. The van der Waals surface area contributed by atoms with Crippen LogP contribution >= 0.6 is 0 Å². The van der Waals surface area contributed by atoms with Gasteiger partial charge >= 0.3 is 0 Å². The maximum Gasteiger partial charge on any atom is 0.187 e. The Labute approximate surface area is 74.0 Å². The van der Waals surface area contributed by atoms with Crippen molar-refractivity contribution in [2.24, 2.45) is 5.92 Å². The van der Waals surface area contributed by atoms with Crippen LogP contribution in [0, 0.1) is 5.92 Å². The van der Waals surface area contributed by atoms with Crippen molar-refractivity contribution in [2.75, 3.05) is 0 Å². The van der Waals surface area contributed by atoms with Crippen molar-refractivity contribution in [3.05, 3.63) is 0 Å².